The molecular formula is C32H30N2O6. The first-order valence-corrected chi connectivity index (χ1v) is 13.6. The first-order valence-electron chi connectivity index (χ1n) is 13.6. The highest BCUT2D eigenvalue weighted by Crippen LogP contribution is 2.36. The van der Waals surface area contributed by atoms with Crippen LogP contribution >= 0.6 is 0 Å². The molecule has 40 heavy (non-hydrogen) atoms. The van der Waals surface area contributed by atoms with E-state index in [4.69, 9.17) is 9.47 Å². The summed E-state index contributed by atoms with van der Waals surface area (Å²) in [5, 5.41) is 26.8. The van der Waals surface area contributed by atoms with Crippen LogP contribution in [0.15, 0.2) is 70.4 Å². The smallest absolute Gasteiger partial charge is 0.330 e. The summed E-state index contributed by atoms with van der Waals surface area (Å²) in [4.78, 5) is 26.7. The third kappa shape index (κ3) is 5.01. The van der Waals surface area contributed by atoms with Gasteiger partial charge in [0.25, 0.3) is 5.56 Å². The molecule has 6 rings (SSSR count). The standard InChI is InChI=1S/C32H30N2O6/c35-18-27-26(36)16-28(40-27)34-17-23(31(37)33-32(34)38)6-3-1-2-4-15-39-19-24-12-11-22-10-9-20-7-5-8-21-13-14-25(24)30(22)29(20)21/h5,7-14,17,26-28,35-36H,1-2,4,15-16,18-19H2,(H,33,37,38)/t26-,27+,28+/m0/s1. The van der Waals surface area contributed by atoms with E-state index in [2.05, 4.69) is 71.4 Å². The van der Waals surface area contributed by atoms with Crippen LogP contribution in [-0.4, -0.2) is 45.2 Å². The number of nitrogens with zero attached hydrogens (tertiary/aromatic N) is 1. The highest BCUT2D eigenvalue weighted by Gasteiger charge is 2.35. The monoisotopic (exact) mass is 538 g/mol. The van der Waals surface area contributed by atoms with Crippen LogP contribution in [0.5, 0.6) is 0 Å². The van der Waals surface area contributed by atoms with E-state index in [0.717, 1.165) is 12.8 Å². The Morgan fingerprint density at radius 2 is 1.75 bits per heavy atom. The van der Waals surface area contributed by atoms with Crippen molar-refractivity contribution in [2.75, 3.05) is 13.2 Å². The molecule has 0 aliphatic carbocycles. The second-order valence-electron chi connectivity index (χ2n) is 10.2. The van der Waals surface area contributed by atoms with Gasteiger partial charge >= 0.3 is 5.69 Å². The third-order valence-electron chi connectivity index (χ3n) is 7.60. The average Bonchev–Trinajstić information content (AvgIpc) is 3.34. The van der Waals surface area contributed by atoms with E-state index in [-0.39, 0.29) is 18.6 Å². The summed E-state index contributed by atoms with van der Waals surface area (Å²) in [5.41, 5.74) is 0.107. The Hall–Kier alpha value is -4.00. The molecule has 3 atom stereocenters. The molecular weight excluding hydrogens is 508 g/mol. The fourth-order valence-corrected chi connectivity index (χ4v) is 5.52. The number of H-pyrrole nitrogens is 1. The molecule has 1 fully saturated rings. The van der Waals surface area contributed by atoms with Crippen LogP contribution in [0.3, 0.4) is 0 Å². The molecule has 0 spiro atoms. The first-order chi connectivity index (χ1) is 19.5. The summed E-state index contributed by atoms with van der Waals surface area (Å²) < 4.78 is 12.7. The largest absolute Gasteiger partial charge is 0.394 e. The first kappa shape index (κ1) is 26.2. The molecule has 8 heteroatoms. The molecule has 0 unspecified atom stereocenters. The quantitative estimate of drug-likeness (QED) is 0.157. The molecule has 1 aromatic heterocycles. The van der Waals surface area contributed by atoms with Gasteiger partial charge in [-0.3, -0.25) is 14.3 Å². The van der Waals surface area contributed by atoms with E-state index < -0.39 is 29.7 Å². The minimum Gasteiger partial charge on any atom is -0.394 e. The van der Waals surface area contributed by atoms with Crippen molar-refractivity contribution in [3.05, 3.63) is 92.8 Å². The SMILES string of the molecule is O=c1[nH]c(=O)n([C@H]2C[C@H](O)[C@@H](CO)O2)cc1C#CCCCCOCc1ccc2ccc3cccc4ccc1c2c34. The molecule has 204 valence electrons. The maximum atomic E-state index is 12.2. The number of aliphatic hydroxyl groups excluding tert-OH is 2. The Balaban J connectivity index is 1.04. The molecule has 1 saturated heterocycles. The van der Waals surface area contributed by atoms with Gasteiger partial charge in [-0.1, -0.05) is 66.4 Å². The molecule has 1 aliphatic heterocycles. The number of aromatic amines is 1. The number of hydrogen-bond acceptors (Lipinski definition) is 6. The van der Waals surface area contributed by atoms with E-state index in [9.17, 15) is 19.8 Å². The number of rotatable bonds is 8. The predicted octanol–water partition coefficient (Wildman–Crippen LogP) is 3.81. The molecule has 2 heterocycles. The highest BCUT2D eigenvalue weighted by atomic mass is 16.5. The Labute approximate surface area is 230 Å². The lowest BCUT2D eigenvalue weighted by atomic mass is 9.92. The molecule has 5 aromatic rings. The van der Waals surface area contributed by atoms with Crippen LogP contribution in [0.2, 0.25) is 0 Å². The van der Waals surface area contributed by atoms with Gasteiger partial charge in [0, 0.05) is 25.6 Å². The Bertz CT molecular complexity index is 1830. The van der Waals surface area contributed by atoms with Crippen molar-refractivity contribution in [2.24, 2.45) is 0 Å². The second-order valence-corrected chi connectivity index (χ2v) is 10.2. The third-order valence-corrected chi connectivity index (χ3v) is 7.60. The van der Waals surface area contributed by atoms with Crippen molar-refractivity contribution in [1.82, 2.24) is 9.55 Å². The van der Waals surface area contributed by atoms with E-state index in [1.54, 1.807) is 0 Å². The van der Waals surface area contributed by atoms with Gasteiger partial charge < -0.3 is 19.7 Å². The van der Waals surface area contributed by atoms with Crippen LogP contribution in [-0.2, 0) is 16.1 Å². The lowest BCUT2D eigenvalue weighted by molar-refractivity contribution is -0.0459. The zero-order valence-electron chi connectivity index (χ0n) is 21.9. The second kappa shape index (κ2) is 11.2. The van der Waals surface area contributed by atoms with Crippen molar-refractivity contribution in [2.45, 2.75) is 50.7 Å². The van der Waals surface area contributed by atoms with Gasteiger partial charge in [0.05, 0.1) is 19.3 Å². The summed E-state index contributed by atoms with van der Waals surface area (Å²) in [6.45, 7) is 0.777. The number of unbranched alkanes of at least 4 members (excludes halogenated alkanes) is 2. The molecule has 4 aromatic carbocycles. The summed E-state index contributed by atoms with van der Waals surface area (Å²) >= 11 is 0. The van der Waals surface area contributed by atoms with E-state index in [0.29, 0.717) is 19.6 Å². The lowest BCUT2D eigenvalue weighted by Gasteiger charge is -2.14. The lowest BCUT2D eigenvalue weighted by Crippen LogP contribution is -2.33. The number of aromatic nitrogens is 2. The Morgan fingerprint density at radius 1 is 1.00 bits per heavy atom. The van der Waals surface area contributed by atoms with Gasteiger partial charge in [0.2, 0.25) is 0 Å². The maximum Gasteiger partial charge on any atom is 0.330 e. The fraction of sp³-hybridized carbons (Fsp3) is 0.312. The average molecular weight is 539 g/mol. The van der Waals surface area contributed by atoms with Crippen molar-refractivity contribution in [3.8, 4) is 11.8 Å². The van der Waals surface area contributed by atoms with E-state index in [1.165, 1.54) is 48.6 Å². The molecule has 0 bridgehead atoms. The van der Waals surface area contributed by atoms with Crippen LogP contribution in [0, 0.1) is 11.8 Å². The minimum absolute atomic E-state index is 0.138. The Morgan fingerprint density at radius 3 is 2.52 bits per heavy atom. The van der Waals surface area contributed by atoms with Gasteiger partial charge in [-0.05, 0) is 50.7 Å². The van der Waals surface area contributed by atoms with Crippen LogP contribution < -0.4 is 11.2 Å². The number of aliphatic hydroxyl groups is 2. The molecule has 0 amide bonds. The highest BCUT2D eigenvalue weighted by molar-refractivity contribution is 6.23. The molecule has 0 saturated carbocycles. The van der Waals surface area contributed by atoms with Gasteiger partial charge in [-0.2, -0.15) is 0 Å². The van der Waals surface area contributed by atoms with Gasteiger partial charge in [0.1, 0.15) is 17.9 Å². The molecule has 0 radical (unpaired) electrons. The van der Waals surface area contributed by atoms with Gasteiger partial charge in [0.15, 0.2) is 0 Å². The van der Waals surface area contributed by atoms with E-state index >= 15 is 0 Å². The maximum absolute atomic E-state index is 12.2. The molecule has 8 nitrogen and oxygen atoms in total. The number of hydrogen-bond donors (Lipinski definition) is 3. The normalized spacial score (nSPS) is 19.0. The van der Waals surface area contributed by atoms with Crippen molar-refractivity contribution >= 4 is 32.3 Å². The van der Waals surface area contributed by atoms with Crippen LogP contribution in [0.4, 0.5) is 0 Å². The summed E-state index contributed by atoms with van der Waals surface area (Å²) in [6.07, 6.45) is 1.26. The topological polar surface area (TPSA) is 114 Å². The number of nitrogens with one attached hydrogen (secondary N) is 1. The van der Waals surface area contributed by atoms with Crippen LogP contribution in [0.1, 0.15) is 43.0 Å². The number of ether oxygens (including phenoxy) is 2. The van der Waals surface area contributed by atoms with Crippen molar-refractivity contribution < 1.29 is 19.7 Å². The minimum atomic E-state index is -0.889. The summed E-state index contributed by atoms with van der Waals surface area (Å²) in [7, 11) is 0. The predicted molar refractivity (Wildman–Crippen MR) is 153 cm³/mol. The zero-order chi connectivity index (χ0) is 27.6. The fourth-order valence-electron chi connectivity index (χ4n) is 5.52. The van der Waals surface area contributed by atoms with Gasteiger partial charge in [-0.15, -0.1) is 0 Å². The summed E-state index contributed by atoms with van der Waals surface area (Å²) in [5.74, 6) is 5.84. The summed E-state index contributed by atoms with van der Waals surface area (Å²) in [6, 6.07) is 19.4. The van der Waals surface area contributed by atoms with Crippen molar-refractivity contribution in [3.63, 3.8) is 0 Å². The molecule has 1 aliphatic rings. The molecule has 3 N–H and O–H groups in total. The van der Waals surface area contributed by atoms with Crippen LogP contribution in [0.25, 0.3) is 32.3 Å². The Kier molecular flexibility index (Phi) is 7.37. The van der Waals surface area contributed by atoms with Gasteiger partial charge in [-0.25, -0.2) is 4.79 Å². The van der Waals surface area contributed by atoms with Crippen molar-refractivity contribution in [1.29, 1.82) is 0 Å². The number of benzene rings is 4. The van der Waals surface area contributed by atoms with E-state index in [1.807, 2.05) is 0 Å². The zero-order valence-corrected chi connectivity index (χ0v) is 21.9.